The molecule has 0 aliphatic carbocycles. The van der Waals surface area contributed by atoms with E-state index in [-0.39, 0.29) is 23.7 Å². The Labute approximate surface area is 182 Å². The van der Waals surface area contributed by atoms with E-state index in [0.29, 0.717) is 13.2 Å². The zero-order valence-electron chi connectivity index (χ0n) is 18.9. The first-order chi connectivity index (χ1) is 14.7. The smallest absolute Gasteiger partial charge is 0.339 e. The van der Waals surface area contributed by atoms with Crippen LogP contribution in [0.1, 0.15) is 107 Å². The third-order valence-corrected chi connectivity index (χ3v) is 5.34. The van der Waals surface area contributed by atoms with Crippen LogP contribution >= 0.6 is 0 Å². The van der Waals surface area contributed by atoms with Gasteiger partial charge in [0.15, 0.2) is 11.5 Å². The molecule has 2 N–H and O–H groups in total. The van der Waals surface area contributed by atoms with Gasteiger partial charge in [0.2, 0.25) is 0 Å². The van der Waals surface area contributed by atoms with Gasteiger partial charge in [0, 0.05) is 6.61 Å². The highest BCUT2D eigenvalue weighted by molar-refractivity contribution is 5.91. The number of para-hydroxylation sites is 1. The molecule has 0 aliphatic rings. The first-order valence-corrected chi connectivity index (χ1v) is 11.9. The van der Waals surface area contributed by atoms with Crippen LogP contribution in [0.25, 0.3) is 0 Å². The summed E-state index contributed by atoms with van der Waals surface area (Å²) in [6.07, 6.45) is 18.7. The molecule has 0 unspecified atom stereocenters. The van der Waals surface area contributed by atoms with E-state index in [1.54, 1.807) is 0 Å². The number of carboxylic acids is 1. The summed E-state index contributed by atoms with van der Waals surface area (Å²) in [6.45, 7) is 3.55. The van der Waals surface area contributed by atoms with Crippen LogP contribution in [0, 0.1) is 0 Å². The van der Waals surface area contributed by atoms with Crippen LogP contribution in [0.4, 0.5) is 0 Å². The number of phenolic OH excluding ortho intramolecular Hbond substituents is 1. The Morgan fingerprint density at radius 2 is 1.30 bits per heavy atom. The van der Waals surface area contributed by atoms with Gasteiger partial charge in [0.1, 0.15) is 12.2 Å². The summed E-state index contributed by atoms with van der Waals surface area (Å²) < 4.78 is 10.9. The molecule has 0 amide bonds. The minimum atomic E-state index is -1.12. The van der Waals surface area contributed by atoms with Crippen molar-refractivity contribution in [1.29, 1.82) is 0 Å². The fourth-order valence-electron chi connectivity index (χ4n) is 3.55. The fourth-order valence-corrected chi connectivity index (χ4v) is 3.55. The summed E-state index contributed by atoms with van der Waals surface area (Å²) in [7, 11) is 0. The van der Waals surface area contributed by atoms with E-state index >= 15 is 0 Å². The average Bonchev–Trinajstić information content (AvgIpc) is 2.73. The molecule has 0 heterocycles. The molecule has 0 aromatic heterocycles. The van der Waals surface area contributed by atoms with Gasteiger partial charge in [-0.1, -0.05) is 96.5 Å². The zero-order valence-corrected chi connectivity index (χ0v) is 18.9. The third kappa shape index (κ3) is 12.7. The van der Waals surface area contributed by atoms with Crippen LogP contribution in [-0.2, 0) is 4.74 Å². The lowest BCUT2D eigenvalue weighted by molar-refractivity contribution is 0.0682. The van der Waals surface area contributed by atoms with Gasteiger partial charge >= 0.3 is 5.97 Å². The maximum Gasteiger partial charge on any atom is 0.339 e. The summed E-state index contributed by atoms with van der Waals surface area (Å²) in [5, 5.41) is 18.9. The van der Waals surface area contributed by atoms with Gasteiger partial charge < -0.3 is 19.7 Å². The SMILES string of the molecule is CCCCCCCCCCCCCCCCOCCOc1c(O)cccc1C(=O)O. The lowest BCUT2D eigenvalue weighted by Crippen LogP contribution is -2.10. The molecule has 0 fully saturated rings. The molecular weight excluding hydrogens is 380 g/mol. The normalized spacial score (nSPS) is 11.0. The van der Waals surface area contributed by atoms with Crippen molar-refractivity contribution in [2.75, 3.05) is 19.8 Å². The number of unbranched alkanes of at least 4 members (excludes halogenated alkanes) is 13. The van der Waals surface area contributed by atoms with E-state index in [9.17, 15) is 9.90 Å². The highest BCUT2D eigenvalue weighted by Gasteiger charge is 2.14. The highest BCUT2D eigenvalue weighted by Crippen LogP contribution is 2.29. The average molecular weight is 423 g/mol. The Balaban J connectivity index is 1.87. The van der Waals surface area contributed by atoms with Crippen LogP contribution in [0.3, 0.4) is 0 Å². The highest BCUT2D eigenvalue weighted by atomic mass is 16.5. The second kappa shape index (κ2) is 18.1. The Bertz CT molecular complexity index is 558. The largest absolute Gasteiger partial charge is 0.504 e. The van der Waals surface area contributed by atoms with Crippen molar-refractivity contribution >= 4 is 5.97 Å². The zero-order chi connectivity index (χ0) is 21.9. The molecule has 1 aromatic carbocycles. The van der Waals surface area contributed by atoms with Crippen molar-refractivity contribution in [3.8, 4) is 11.5 Å². The number of hydrogen-bond acceptors (Lipinski definition) is 4. The number of carbonyl (C=O) groups is 1. The molecule has 1 aromatic rings. The molecule has 0 aliphatic heterocycles. The van der Waals surface area contributed by atoms with E-state index < -0.39 is 5.97 Å². The molecule has 0 radical (unpaired) electrons. The first-order valence-electron chi connectivity index (χ1n) is 11.9. The van der Waals surface area contributed by atoms with Gasteiger partial charge in [0.25, 0.3) is 0 Å². The molecular formula is C25H42O5. The van der Waals surface area contributed by atoms with Crippen LogP contribution < -0.4 is 4.74 Å². The van der Waals surface area contributed by atoms with Gasteiger partial charge in [-0.3, -0.25) is 0 Å². The summed E-state index contributed by atoms with van der Waals surface area (Å²) in [6, 6.07) is 4.31. The second-order valence-electron chi connectivity index (χ2n) is 8.02. The standard InChI is InChI=1S/C25H42O5/c1-2-3-4-5-6-7-8-9-10-11-12-13-14-15-19-29-20-21-30-24-22(25(27)28)17-16-18-23(24)26/h16-18,26H,2-15,19-21H2,1H3,(H,27,28). The van der Waals surface area contributed by atoms with Crippen LogP contribution in [0.2, 0.25) is 0 Å². The van der Waals surface area contributed by atoms with Crippen molar-refractivity contribution in [1.82, 2.24) is 0 Å². The van der Waals surface area contributed by atoms with Crippen molar-refractivity contribution in [3.63, 3.8) is 0 Å². The topological polar surface area (TPSA) is 76.0 Å². The van der Waals surface area contributed by atoms with Gasteiger partial charge in [-0.15, -0.1) is 0 Å². The fraction of sp³-hybridized carbons (Fsp3) is 0.720. The molecule has 30 heavy (non-hydrogen) atoms. The van der Waals surface area contributed by atoms with Gasteiger partial charge in [-0.2, -0.15) is 0 Å². The summed E-state index contributed by atoms with van der Waals surface area (Å²) in [5.74, 6) is -1.28. The van der Waals surface area contributed by atoms with Crippen molar-refractivity contribution < 1.29 is 24.5 Å². The van der Waals surface area contributed by atoms with Crippen molar-refractivity contribution in [2.24, 2.45) is 0 Å². The van der Waals surface area contributed by atoms with Gasteiger partial charge in [-0.25, -0.2) is 4.79 Å². The number of aromatic hydroxyl groups is 1. The number of rotatable bonds is 20. The quantitative estimate of drug-likeness (QED) is 0.222. The van der Waals surface area contributed by atoms with E-state index in [1.807, 2.05) is 0 Å². The number of aromatic carboxylic acids is 1. The van der Waals surface area contributed by atoms with Gasteiger partial charge in [-0.05, 0) is 18.6 Å². The Morgan fingerprint density at radius 1 is 0.767 bits per heavy atom. The lowest BCUT2D eigenvalue weighted by atomic mass is 10.0. The number of hydrogen-bond donors (Lipinski definition) is 2. The van der Waals surface area contributed by atoms with E-state index in [2.05, 4.69) is 6.92 Å². The Hall–Kier alpha value is -1.75. The maximum atomic E-state index is 11.1. The Kier molecular flexibility index (Phi) is 15.8. The number of ether oxygens (including phenoxy) is 2. The van der Waals surface area contributed by atoms with Crippen LogP contribution in [-0.4, -0.2) is 36.0 Å². The van der Waals surface area contributed by atoms with Gasteiger partial charge in [0.05, 0.1) is 6.61 Å². The summed E-state index contributed by atoms with van der Waals surface area (Å²) in [5.41, 5.74) is -0.0398. The number of carboxylic acid groups (broad SMARTS) is 1. The van der Waals surface area contributed by atoms with Crippen LogP contribution in [0.5, 0.6) is 11.5 Å². The van der Waals surface area contributed by atoms with E-state index in [1.165, 1.54) is 102 Å². The van der Waals surface area contributed by atoms with Crippen molar-refractivity contribution in [2.45, 2.75) is 96.8 Å². The summed E-state index contributed by atoms with van der Waals surface area (Å²) >= 11 is 0. The van der Waals surface area contributed by atoms with Crippen LogP contribution in [0.15, 0.2) is 18.2 Å². The Morgan fingerprint density at radius 3 is 1.83 bits per heavy atom. The number of phenols is 1. The minimum Gasteiger partial charge on any atom is -0.504 e. The van der Waals surface area contributed by atoms with E-state index in [0.717, 1.165) is 6.42 Å². The molecule has 0 spiro atoms. The molecule has 5 nitrogen and oxygen atoms in total. The molecule has 0 bridgehead atoms. The molecule has 1 rings (SSSR count). The first kappa shape index (κ1) is 26.3. The number of benzene rings is 1. The molecule has 5 heteroatoms. The predicted octanol–water partition coefficient (Wildman–Crippen LogP) is 6.97. The lowest BCUT2D eigenvalue weighted by Gasteiger charge is -2.11. The summed E-state index contributed by atoms with van der Waals surface area (Å²) in [4.78, 5) is 11.1. The molecule has 0 saturated heterocycles. The molecule has 172 valence electrons. The molecule has 0 atom stereocenters. The second-order valence-corrected chi connectivity index (χ2v) is 8.02. The third-order valence-electron chi connectivity index (χ3n) is 5.34. The minimum absolute atomic E-state index is 0.00472. The molecule has 0 saturated carbocycles. The van der Waals surface area contributed by atoms with Crippen molar-refractivity contribution in [3.05, 3.63) is 23.8 Å². The maximum absolute atomic E-state index is 11.1. The monoisotopic (exact) mass is 422 g/mol. The van der Waals surface area contributed by atoms with E-state index in [4.69, 9.17) is 14.6 Å². The predicted molar refractivity (Wildman–Crippen MR) is 122 cm³/mol.